The summed E-state index contributed by atoms with van der Waals surface area (Å²) in [5.41, 5.74) is -0.942. The Bertz CT molecular complexity index is 774. The molecular weight excluding hydrogens is 440 g/mol. The highest BCUT2D eigenvalue weighted by Gasteiger charge is 2.68. The molecule has 34 heavy (non-hydrogen) atoms. The molecule has 1 heterocycles. The fourth-order valence-electron chi connectivity index (χ4n) is 9.44. The molecule has 0 radical (unpaired) electrons. The van der Waals surface area contributed by atoms with E-state index in [0.29, 0.717) is 18.3 Å². The lowest BCUT2D eigenvalue weighted by Crippen LogP contribution is -2.60. The first-order chi connectivity index (χ1) is 15.9. The number of rotatable bonds is 4. The van der Waals surface area contributed by atoms with Gasteiger partial charge in [-0.1, -0.05) is 20.8 Å². The van der Waals surface area contributed by atoms with Gasteiger partial charge in [0.15, 0.2) is 6.29 Å². The van der Waals surface area contributed by atoms with Crippen LogP contribution in [0, 0.1) is 34.0 Å². The van der Waals surface area contributed by atoms with Crippen molar-refractivity contribution in [2.75, 3.05) is 13.2 Å². The summed E-state index contributed by atoms with van der Waals surface area (Å²) in [4.78, 5) is 0. The third-order valence-electron chi connectivity index (χ3n) is 11.2. The molecule has 5 aliphatic rings. The zero-order valence-corrected chi connectivity index (χ0v) is 20.8. The van der Waals surface area contributed by atoms with Gasteiger partial charge in [0.1, 0.15) is 24.4 Å². The van der Waals surface area contributed by atoms with Gasteiger partial charge in [-0.3, -0.25) is 0 Å². The van der Waals surface area contributed by atoms with E-state index in [0.717, 1.165) is 44.9 Å². The first-order valence-corrected chi connectivity index (χ1v) is 13.2. The number of aliphatic hydroxyl groups excluding tert-OH is 5. The predicted molar refractivity (Wildman–Crippen MR) is 122 cm³/mol. The standard InChI is InChI=1S/C26H44O8/c1-23(2)16-6-9-25-10-14(4-5-17(25)24(16,3)8-7-18(23)28)26(32,12-25)13-33-22-21(31)20(30)19(29)15(11-27)34-22/h14-22,27-32H,4-13H2,1-3H3/t14?,15?,16-,17+,18?,19?,20?,21?,22?,24-,25+,26+/m1/s1. The van der Waals surface area contributed by atoms with Gasteiger partial charge in [-0.2, -0.15) is 0 Å². The largest absolute Gasteiger partial charge is 0.394 e. The number of ether oxygens (including phenoxy) is 2. The maximum Gasteiger partial charge on any atom is 0.186 e. The summed E-state index contributed by atoms with van der Waals surface area (Å²) < 4.78 is 11.4. The second kappa shape index (κ2) is 8.35. The average Bonchev–Trinajstić information content (AvgIpc) is 2.99. The van der Waals surface area contributed by atoms with Crippen molar-refractivity contribution < 1.29 is 40.1 Å². The van der Waals surface area contributed by atoms with E-state index in [2.05, 4.69) is 20.8 Å². The van der Waals surface area contributed by atoms with Crippen LogP contribution in [0.15, 0.2) is 0 Å². The molecule has 1 aliphatic heterocycles. The third-order valence-corrected chi connectivity index (χ3v) is 11.2. The van der Waals surface area contributed by atoms with Crippen molar-refractivity contribution in [1.82, 2.24) is 0 Å². The van der Waals surface area contributed by atoms with Crippen molar-refractivity contribution in [3.8, 4) is 0 Å². The quantitative estimate of drug-likeness (QED) is 0.346. The van der Waals surface area contributed by atoms with E-state index >= 15 is 0 Å². The number of hydrogen-bond donors (Lipinski definition) is 6. The second-order valence-corrected chi connectivity index (χ2v) is 13.2. The van der Waals surface area contributed by atoms with E-state index in [9.17, 15) is 30.6 Å². The van der Waals surface area contributed by atoms with Crippen molar-refractivity contribution >= 4 is 0 Å². The predicted octanol–water partition coefficient (Wildman–Crippen LogP) is 0.938. The maximum absolute atomic E-state index is 11.8. The van der Waals surface area contributed by atoms with E-state index in [-0.39, 0.29) is 34.9 Å². The van der Waals surface area contributed by atoms with Gasteiger partial charge in [0.2, 0.25) is 0 Å². The molecule has 0 aromatic carbocycles. The van der Waals surface area contributed by atoms with Gasteiger partial charge in [-0.15, -0.1) is 0 Å². The first kappa shape index (κ1) is 25.3. The van der Waals surface area contributed by atoms with E-state index in [1.807, 2.05) is 0 Å². The maximum atomic E-state index is 11.8. The van der Waals surface area contributed by atoms with Crippen molar-refractivity contribution in [2.45, 2.75) is 115 Å². The molecule has 5 fully saturated rings. The highest BCUT2D eigenvalue weighted by atomic mass is 16.7. The Morgan fingerprint density at radius 1 is 0.882 bits per heavy atom. The normalized spacial score (nSPS) is 56.6. The van der Waals surface area contributed by atoms with Crippen molar-refractivity contribution in [2.24, 2.45) is 34.0 Å². The molecule has 0 aromatic rings. The molecule has 4 saturated carbocycles. The van der Waals surface area contributed by atoms with Crippen LogP contribution in [0.5, 0.6) is 0 Å². The number of aliphatic hydroxyl groups is 6. The highest BCUT2D eigenvalue weighted by Crippen LogP contribution is 2.72. The monoisotopic (exact) mass is 484 g/mol. The second-order valence-electron chi connectivity index (χ2n) is 13.2. The van der Waals surface area contributed by atoms with E-state index < -0.39 is 42.9 Å². The summed E-state index contributed by atoms with van der Waals surface area (Å²) in [6, 6.07) is 0. The topological polar surface area (TPSA) is 140 Å². The summed E-state index contributed by atoms with van der Waals surface area (Å²) >= 11 is 0. The Morgan fingerprint density at radius 2 is 1.62 bits per heavy atom. The van der Waals surface area contributed by atoms with Crippen LogP contribution < -0.4 is 0 Å². The molecular formula is C26H44O8. The summed E-state index contributed by atoms with van der Waals surface area (Å²) in [6.07, 6.45) is 0.709. The molecule has 0 amide bonds. The minimum absolute atomic E-state index is 0.0147. The lowest BCUT2D eigenvalue weighted by Gasteiger charge is -2.64. The van der Waals surface area contributed by atoms with Gasteiger partial charge >= 0.3 is 0 Å². The zero-order chi connectivity index (χ0) is 24.7. The Morgan fingerprint density at radius 3 is 2.32 bits per heavy atom. The van der Waals surface area contributed by atoms with Crippen LogP contribution in [-0.2, 0) is 9.47 Å². The Kier molecular flexibility index (Phi) is 6.22. The summed E-state index contributed by atoms with van der Waals surface area (Å²) in [5, 5.41) is 62.4. The molecule has 7 unspecified atom stereocenters. The van der Waals surface area contributed by atoms with Crippen LogP contribution in [0.4, 0.5) is 0 Å². The van der Waals surface area contributed by atoms with Crippen molar-refractivity contribution in [1.29, 1.82) is 0 Å². The molecule has 12 atom stereocenters. The van der Waals surface area contributed by atoms with Crippen LogP contribution in [0.25, 0.3) is 0 Å². The first-order valence-electron chi connectivity index (χ1n) is 13.2. The summed E-state index contributed by atoms with van der Waals surface area (Å²) in [7, 11) is 0. The van der Waals surface area contributed by atoms with Gasteiger partial charge in [0.25, 0.3) is 0 Å². The van der Waals surface area contributed by atoms with Crippen molar-refractivity contribution in [3.63, 3.8) is 0 Å². The van der Waals surface area contributed by atoms with Gasteiger partial charge in [-0.25, -0.2) is 0 Å². The Labute approximate surface area is 202 Å². The molecule has 6 N–H and O–H groups in total. The lowest BCUT2D eigenvalue weighted by molar-refractivity contribution is -0.310. The molecule has 8 heteroatoms. The van der Waals surface area contributed by atoms with Crippen LogP contribution in [0.2, 0.25) is 0 Å². The Hall–Kier alpha value is -0.320. The summed E-state index contributed by atoms with van der Waals surface area (Å²) in [6.45, 7) is 6.36. The minimum atomic E-state index is -1.49. The number of hydrogen-bond acceptors (Lipinski definition) is 8. The van der Waals surface area contributed by atoms with E-state index in [1.165, 1.54) is 0 Å². The minimum Gasteiger partial charge on any atom is -0.394 e. The molecule has 5 rings (SSSR count). The third kappa shape index (κ3) is 3.55. The smallest absolute Gasteiger partial charge is 0.186 e. The molecule has 1 spiro atoms. The summed E-state index contributed by atoms with van der Waals surface area (Å²) in [5.74, 6) is 1.08. The van der Waals surface area contributed by atoms with Crippen LogP contribution in [-0.4, -0.2) is 86.3 Å². The van der Waals surface area contributed by atoms with E-state index in [1.54, 1.807) is 0 Å². The fraction of sp³-hybridized carbons (Fsp3) is 1.00. The van der Waals surface area contributed by atoms with Crippen LogP contribution in [0.3, 0.4) is 0 Å². The van der Waals surface area contributed by atoms with Gasteiger partial charge in [-0.05, 0) is 85.4 Å². The van der Waals surface area contributed by atoms with Crippen LogP contribution >= 0.6 is 0 Å². The lowest BCUT2D eigenvalue weighted by atomic mass is 9.41. The van der Waals surface area contributed by atoms with Gasteiger partial charge in [0, 0.05) is 0 Å². The molecule has 8 nitrogen and oxygen atoms in total. The fourth-order valence-corrected chi connectivity index (χ4v) is 9.44. The van der Waals surface area contributed by atoms with Gasteiger partial charge in [0.05, 0.1) is 24.9 Å². The molecule has 2 bridgehead atoms. The number of fused-ring (bicyclic) bond motifs is 3. The van der Waals surface area contributed by atoms with Crippen LogP contribution in [0.1, 0.15) is 72.1 Å². The molecule has 196 valence electrons. The molecule has 1 saturated heterocycles. The van der Waals surface area contributed by atoms with E-state index in [4.69, 9.17) is 9.47 Å². The van der Waals surface area contributed by atoms with Gasteiger partial charge < -0.3 is 40.1 Å². The van der Waals surface area contributed by atoms with Crippen molar-refractivity contribution in [3.05, 3.63) is 0 Å². The zero-order valence-electron chi connectivity index (χ0n) is 20.8. The SMILES string of the molecule is CC1(C)C(O)CC[C@]2(C)[C@@H]1CC[C@@]13CC(CC[C@H]12)[C@@](O)(COC1OC(CO)C(O)C(O)C1O)C3. The highest BCUT2D eigenvalue weighted by molar-refractivity contribution is 5.17. The Balaban J connectivity index is 1.32. The average molecular weight is 485 g/mol. The molecule has 4 aliphatic carbocycles. The molecule has 0 aromatic heterocycles.